The van der Waals surface area contributed by atoms with E-state index in [1.165, 1.54) is 31.2 Å². The van der Waals surface area contributed by atoms with Crippen LogP contribution in [0, 0.1) is 11.6 Å². The Bertz CT molecular complexity index is 615. The first-order valence-corrected chi connectivity index (χ1v) is 6.81. The second kappa shape index (κ2) is 6.33. The predicted octanol–water partition coefficient (Wildman–Crippen LogP) is 4.36. The first-order valence-electron chi connectivity index (χ1n) is 6.01. The van der Waals surface area contributed by atoms with Crippen LogP contribution in [0.15, 0.2) is 40.9 Å². The van der Waals surface area contributed by atoms with Gasteiger partial charge in [0.1, 0.15) is 24.0 Å². The summed E-state index contributed by atoms with van der Waals surface area (Å²) in [5.74, 6) is -0.508. The fraction of sp³-hybridized carbons (Fsp3) is 0.200. The van der Waals surface area contributed by atoms with Crippen LogP contribution in [0.5, 0.6) is 5.75 Å². The van der Waals surface area contributed by atoms with Gasteiger partial charge in [0.2, 0.25) is 0 Å². The van der Waals surface area contributed by atoms with Crippen molar-refractivity contribution in [2.45, 2.75) is 19.6 Å². The van der Waals surface area contributed by atoms with Crippen LogP contribution in [-0.4, -0.2) is 5.11 Å². The number of rotatable bonds is 4. The number of aliphatic hydroxyl groups is 1. The van der Waals surface area contributed by atoms with E-state index >= 15 is 0 Å². The first kappa shape index (κ1) is 14.9. The molecule has 0 saturated heterocycles. The molecule has 0 saturated carbocycles. The maximum absolute atomic E-state index is 13.7. The van der Waals surface area contributed by atoms with Crippen molar-refractivity contribution in [3.63, 3.8) is 0 Å². The van der Waals surface area contributed by atoms with Gasteiger partial charge in [0.05, 0.1) is 6.10 Å². The van der Waals surface area contributed by atoms with E-state index in [2.05, 4.69) is 15.9 Å². The van der Waals surface area contributed by atoms with Gasteiger partial charge in [-0.1, -0.05) is 22.0 Å². The molecule has 2 aromatic carbocycles. The molecule has 5 heteroatoms. The Kier molecular flexibility index (Phi) is 4.73. The minimum atomic E-state index is -0.865. The quantitative estimate of drug-likeness (QED) is 0.894. The fourth-order valence-electron chi connectivity index (χ4n) is 1.74. The summed E-state index contributed by atoms with van der Waals surface area (Å²) in [4.78, 5) is 0. The molecular formula is C15H13BrF2O2. The molecule has 1 atom stereocenters. The second-order valence-electron chi connectivity index (χ2n) is 4.38. The third-order valence-corrected chi connectivity index (χ3v) is 3.57. The van der Waals surface area contributed by atoms with Gasteiger partial charge in [-0.3, -0.25) is 0 Å². The van der Waals surface area contributed by atoms with Gasteiger partial charge in [-0.05, 0) is 31.2 Å². The third kappa shape index (κ3) is 3.55. The van der Waals surface area contributed by atoms with E-state index in [-0.39, 0.29) is 18.0 Å². The standard InChI is InChI=1S/C15H13BrF2O2/c1-9(19)13-5-4-12(7-15(13)18)20-8-10-2-3-11(17)6-14(10)16/h2-7,9,19H,8H2,1H3/t9-/m0/s1. The van der Waals surface area contributed by atoms with Crippen molar-refractivity contribution in [3.8, 4) is 5.75 Å². The van der Waals surface area contributed by atoms with Crippen molar-refractivity contribution in [3.05, 3.63) is 63.6 Å². The molecule has 2 nitrogen and oxygen atoms in total. The molecule has 0 unspecified atom stereocenters. The van der Waals surface area contributed by atoms with Crippen molar-refractivity contribution >= 4 is 15.9 Å². The van der Waals surface area contributed by atoms with Crippen LogP contribution in [0.25, 0.3) is 0 Å². The summed E-state index contributed by atoms with van der Waals surface area (Å²) >= 11 is 3.24. The summed E-state index contributed by atoms with van der Waals surface area (Å²) in [7, 11) is 0. The third-order valence-electron chi connectivity index (χ3n) is 2.83. The van der Waals surface area contributed by atoms with E-state index in [9.17, 15) is 13.9 Å². The number of benzene rings is 2. The molecule has 0 heterocycles. The second-order valence-corrected chi connectivity index (χ2v) is 5.24. The molecule has 1 N–H and O–H groups in total. The Morgan fingerprint density at radius 1 is 1.20 bits per heavy atom. The van der Waals surface area contributed by atoms with E-state index in [1.54, 1.807) is 12.1 Å². The SMILES string of the molecule is C[C@H](O)c1ccc(OCc2ccc(F)cc2Br)cc1F. The van der Waals surface area contributed by atoms with Crippen molar-refractivity contribution in [1.82, 2.24) is 0 Å². The summed E-state index contributed by atoms with van der Waals surface area (Å²) in [6.45, 7) is 1.68. The minimum Gasteiger partial charge on any atom is -0.489 e. The molecule has 0 bridgehead atoms. The van der Waals surface area contributed by atoms with E-state index < -0.39 is 11.9 Å². The molecule has 106 valence electrons. The number of ether oxygens (including phenoxy) is 1. The van der Waals surface area contributed by atoms with Gasteiger partial charge in [-0.25, -0.2) is 8.78 Å². The Balaban J connectivity index is 2.09. The van der Waals surface area contributed by atoms with Crippen molar-refractivity contribution < 1.29 is 18.6 Å². The maximum Gasteiger partial charge on any atom is 0.132 e. The van der Waals surface area contributed by atoms with E-state index in [0.717, 1.165) is 5.56 Å². The Morgan fingerprint density at radius 2 is 1.95 bits per heavy atom. The molecule has 0 radical (unpaired) electrons. The van der Waals surface area contributed by atoms with Crippen LogP contribution in [0.4, 0.5) is 8.78 Å². The zero-order valence-electron chi connectivity index (χ0n) is 10.7. The van der Waals surface area contributed by atoms with Crippen LogP contribution in [0.1, 0.15) is 24.2 Å². The number of halogens is 3. The van der Waals surface area contributed by atoms with Gasteiger partial charge >= 0.3 is 0 Å². The van der Waals surface area contributed by atoms with Gasteiger partial charge in [0, 0.05) is 21.7 Å². The van der Waals surface area contributed by atoms with Crippen molar-refractivity contribution in [1.29, 1.82) is 0 Å². The molecule has 20 heavy (non-hydrogen) atoms. The molecule has 0 spiro atoms. The van der Waals surface area contributed by atoms with E-state index in [4.69, 9.17) is 4.74 Å². The Morgan fingerprint density at radius 3 is 2.55 bits per heavy atom. The number of hydrogen-bond donors (Lipinski definition) is 1. The Hall–Kier alpha value is -1.46. The maximum atomic E-state index is 13.7. The molecule has 0 amide bonds. The van der Waals surface area contributed by atoms with Crippen molar-refractivity contribution in [2.75, 3.05) is 0 Å². The molecule has 0 aliphatic carbocycles. The van der Waals surface area contributed by atoms with Gasteiger partial charge < -0.3 is 9.84 Å². The highest BCUT2D eigenvalue weighted by Crippen LogP contribution is 2.24. The largest absolute Gasteiger partial charge is 0.489 e. The van der Waals surface area contributed by atoms with Crippen molar-refractivity contribution in [2.24, 2.45) is 0 Å². The molecule has 0 aliphatic rings. The zero-order chi connectivity index (χ0) is 14.7. The lowest BCUT2D eigenvalue weighted by Gasteiger charge is -2.11. The average Bonchev–Trinajstić information content (AvgIpc) is 2.37. The van der Waals surface area contributed by atoms with Crippen LogP contribution in [-0.2, 0) is 6.61 Å². The lowest BCUT2D eigenvalue weighted by atomic mass is 10.1. The lowest BCUT2D eigenvalue weighted by molar-refractivity contribution is 0.194. The summed E-state index contributed by atoms with van der Waals surface area (Å²) in [6.07, 6.45) is -0.865. The topological polar surface area (TPSA) is 29.5 Å². The summed E-state index contributed by atoms with van der Waals surface area (Å²) in [6, 6.07) is 8.56. The highest BCUT2D eigenvalue weighted by atomic mass is 79.9. The van der Waals surface area contributed by atoms with E-state index in [0.29, 0.717) is 10.2 Å². The molecule has 2 rings (SSSR count). The van der Waals surface area contributed by atoms with Crippen LogP contribution < -0.4 is 4.74 Å². The normalized spacial score (nSPS) is 12.2. The van der Waals surface area contributed by atoms with E-state index in [1.807, 2.05) is 0 Å². The Labute approximate surface area is 124 Å². The zero-order valence-corrected chi connectivity index (χ0v) is 12.3. The first-order chi connectivity index (χ1) is 9.47. The summed E-state index contributed by atoms with van der Waals surface area (Å²) in [5.41, 5.74) is 0.978. The predicted molar refractivity (Wildman–Crippen MR) is 75.5 cm³/mol. The fourth-order valence-corrected chi connectivity index (χ4v) is 2.20. The highest BCUT2D eigenvalue weighted by Gasteiger charge is 2.09. The lowest BCUT2D eigenvalue weighted by Crippen LogP contribution is -2.00. The monoisotopic (exact) mass is 342 g/mol. The molecular weight excluding hydrogens is 330 g/mol. The molecule has 0 aliphatic heterocycles. The number of aliphatic hydroxyl groups excluding tert-OH is 1. The molecule has 0 aromatic heterocycles. The molecule has 0 fully saturated rings. The number of hydrogen-bond acceptors (Lipinski definition) is 2. The van der Waals surface area contributed by atoms with Gasteiger partial charge in [0.15, 0.2) is 0 Å². The summed E-state index contributed by atoms with van der Waals surface area (Å²) in [5, 5.41) is 9.34. The average molecular weight is 343 g/mol. The van der Waals surface area contributed by atoms with Crippen LogP contribution in [0.3, 0.4) is 0 Å². The van der Waals surface area contributed by atoms with Gasteiger partial charge in [-0.15, -0.1) is 0 Å². The minimum absolute atomic E-state index is 0.189. The summed E-state index contributed by atoms with van der Waals surface area (Å²) < 4.78 is 32.6. The molecule has 2 aromatic rings. The smallest absolute Gasteiger partial charge is 0.132 e. The van der Waals surface area contributed by atoms with Gasteiger partial charge in [-0.2, -0.15) is 0 Å². The van der Waals surface area contributed by atoms with Crippen LogP contribution >= 0.6 is 15.9 Å². The van der Waals surface area contributed by atoms with Crippen LogP contribution in [0.2, 0.25) is 0 Å². The highest BCUT2D eigenvalue weighted by molar-refractivity contribution is 9.10. The van der Waals surface area contributed by atoms with Gasteiger partial charge in [0.25, 0.3) is 0 Å².